The molecule has 156 valence electrons. The van der Waals surface area contributed by atoms with Crippen LogP contribution in [0.25, 0.3) is 0 Å². The zero-order chi connectivity index (χ0) is 20.9. The Bertz CT molecular complexity index is 967. The van der Waals surface area contributed by atoms with Gasteiger partial charge in [-0.2, -0.15) is 0 Å². The Hall–Kier alpha value is -2.34. The van der Waals surface area contributed by atoms with E-state index in [1.54, 1.807) is 7.11 Å². The molecule has 1 fully saturated rings. The quantitative estimate of drug-likeness (QED) is 0.491. The Morgan fingerprint density at radius 1 is 1.13 bits per heavy atom. The van der Waals surface area contributed by atoms with Gasteiger partial charge in [-0.15, -0.1) is 11.3 Å². The molecule has 4 nitrogen and oxygen atoms in total. The molecular formula is C24H25ClN2O2S. The third-order valence-electron chi connectivity index (χ3n) is 5.52. The number of hydrogen-bond donors (Lipinski definition) is 0. The predicted octanol–water partition coefficient (Wildman–Crippen LogP) is 5.72. The summed E-state index contributed by atoms with van der Waals surface area (Å²) in [5.74, 6) is 0.825. The summed E-state index contributed by atoms with van der Waals surface area (Å²) in [6, 6.07) is 19.8. The van der Waals surface area contributed by atoms with E-state index in [1.807, 2.05) is 58.8 Å². The van der Waals surface area contributed by atoms with Gasteiger partial charge in [-0.05, 0) is 54.1 Å². The van der Waals surface area contributed by atoms with Crippen molar-refractivity contribution in [2.75, 3.05) is 25.1 Å². The highest BCUT2D eigenvalue weighted by Crippen LogP contribution is 2.30. The molecule has 0 N–H and O–H groups in total. The first-order valence-corrected chi connectivity index (χ1v) is 11.4. The van der Waals surface area contributed by atoms with Crippen molar-refractivity contribution in [2.45, 2.75) is 25.4 Å². The minimum atomic E-state index is 0.0643. The van der Waals surface area contributed by atoms with Crippen molar-refractivity contribution in [2.24, 2.45) is 0 Å². The number of likely N-dealkylation sites (tertiary alicyclic amines) is 1. The van der Waals surface area contributed by atoms with Crippen molar-refractivity contribution in [1.82, 2.24) is 4.90 Å². The fourth-order valence-electron chi connectivity index (χ4n) is 3.96. The average Bonchev–Trinajstić information content (AvgIpc) is 3.32. The van der Waals surface area contributed by atoms with Crippen LogP contribution < -0.4 is 9.64 Å². The molecule has 4 rings (SSSR count). The Balaban J connectivity index is 1.50. The highest BCUT2D eigenvalue weighted by atomic mass is 35.5. The topological polar surface area (TPSA) is 32.8 Å². The first-order chi connectivity index (χ1) is 14.6. The summed E-state index contributed by atoms with van der Waals surface area (Å²) < 4.78 is 5.40. The second kappa shape index (κ2) is 9.65. The molecule has 30 heavy (non-hydrogen) atoms. The molecule has 2 heterocycles. The number of ether oxygens (including phenoxy) is 1. The molecule has 3 aromatic rings. The molecule has 2 aromatic carbocycles. The van der Waals surface area contributed by atoms with E-state index < -0.39 is 0 Å². The number of halogens is 1. The summed E-state index contributed by atoms with van der Waals surface area (Å²) >= 11 is 7.49. The summed E-state index contributed by atoms with van der Waals surface area (Å²) in [7, 11) is 1.65. The third kappa shape index (κ3) is 4.86. The second-order valence-electron chi connectivity index (χ2n) is 7.49. The summed E-state index contributed by atoms with van der Waals surface area (Å²) in [5, 5.41) is 2.71. The van der Waals surface area contributed by atoms with E-state index in [1.165, 1.54) is 16.9 Å². The van der Waals surface area contributed by atoms with Crippen LogP contribution in [0.4, 0.5) is 5.69 Å². The van der Waals surface area contributed by atoms with Crippen molar-refractivity contribution < 1.29 is 9.53 Å². The molecule has 0 aliphatic carbocycles. The van der Waals surface area contributed by atoms with Gasteiger partial charge in [0.15, 0.2) is 0 Å². The second-order valence-corrected chi connectivity index (χ2v) is 8.87. The lowest BCUT2D eigenvalue weighted by atomic mass is 10.0. The predicted molar refractivity (Wildman–Crippen MR) is 124 cm³/mol. The maximum absolute atomic E-state index is 13.4. The van der Waals surface area contributed by atoms with E-state index in [4.69, 9.17) is 16.3 Å². The lowest BCUT2D eigenvalue weighted by molar-refractivity contribution is 0.0962. The molecule has 0 atom stereocenters. The molecule has 0 spiro atoms. The smallest absolute Gasteiger partial charge is 0.268 e. The highest BCUT2D eigenvalue weighted by molar-refractivity contribution is 7.12. The van der Waals surface area contributed by atoms with Crippen LogP contribution in [0.5, 0.6) is 5.75 Å². The molecule has 1 saturated heterocycles. The molecule has 6 heteroatoms. The van der Waals surface area contributed by atoms with Crippen LogP contribution in [0.2, 0.25) is 5.02 Å². The standard InChI is InChI=1S/C24H25ClN2O2S/c1-29-22-5-2-4-21(16-22)27(24(28)23-6-3-15-30-23)20-11-13-26(14-12-20)17-18-7-9-19(25)10-8-18/h2-10,15-16,20H,11-14,17H2,1H3. The fourth-order valence-corrected chi connectivity index (χ4v) is 4.74. The lowest BCUT2D eigenvalue weighted by Gasteiger charge is -2.38. The number of carbonyl (C=O) groups is 1. The van der Waals surface area contributed by atoms with Gasteiger partial charge in [0.2, 0.25) is 0 Å². The van der Waals surface area contributed by atoms with Crippen LogP contribution in [0, 0.1) is 0 Å². The lowest BCUT2D eigenvalue weighted by Crippen LogP contribution is -2.47. The van der Waals surface area contributed by atoms with Gasteiger partial charge in [0.05, 0.1) is 12.0 Å². The van der Waals surface area contributed by atoms with Crippen LogP contribution >= 0.6 is 22.9 Å². The van der Waals surface area contributed by atoms with Crippen LogP contribution in [-0.4, -0.2) is 37.0 Å². The Morgan fingerprint density at radius 3 is 2.57 bits per heavy atom. The maximum atomic E-state index is 13.4. The molecule has 0 radical (unpaired) electrons. The summed E-state index contributed by atoms with van der Waals surface area (Å²) in [5.41, 5.74) is 2.15. The van der Waals surface area contributed by atoms with Crippen molar-refractivity contribution in [1.29, 1.82) is 0 Å². The van der Waals surface area contributed by atoms with Crippen molar-refractivity contribution in [3.63, 3.8) is 0 Å². The number of amides is 1. The van der Waals surface area contributed by atoms with Crippen LogP contribution in [0.3, 0.4) is 0 Å². The van der Waals surface area contributed by atoms with Gasteiger partial charge in [0.1, 0.15) is 5.75 Å². The number of piperidine rings is 1. The first-order valence-electron chi connectivity index (χ1n) is 10.1. The van der Waals surface area contributed by atoms with Gasteiger partial charge in [0.25, 0.3) is 5.91 Å². The number of methoxy groups -OCH3 is 1. The normalized spacial score (nSPS) is 15.1. The van der Waals surface area contributed by atoms with Gasteiger partial charge >= 0.3 is 0 Å². The zero-order valence-corrected chi connectivity index (χ0v) is 18.5. The number of thiophene rings is 1. The number of rotatable bonds is 6. The number of nitrogens with zero attached hydrogens (tertiary/aromatic N) is 2. The zero-order valence-electron chi connectivity index (χ0n) is 17.0. The van der Waals surface area contributed by atoms with Gasteiger partial charge in [0, 0.05) is 42.5 Å². The van der Waals surface area contributed by atoms with E-state index in [0.29, 0.717) is 0 Å². The van der Waals surface area contributed by atoms with Crippen LogP contribution in [-0.2, 0) is 6.54 Å². The van der Waals surface area contributed by atoms with Crippen molar-refractivity contribution in [3.05, 3.63) is 81.5 Å². The van der Waals surface area contributed by atoms with Gasteiger partial charge < -0.3 is 9.64 Å². The Kier molecular flexibility index (Phi) is 6.72. The number of hydrogen-bond acceptors (Lipinski definition) is 4. The summed E-state index contributed by atoms with van der Waals surface area (Å²) in [4.78, 5) is 18.6. The molecule has 0 unspecified atom stereocenters. The van der Waals surface area contributed by atoms with Crippen LogP contribution in [0.1, 0.15) is 28.1 Å². The first kappa shape index (κ1) is 20.9. The average molecular weight is 441 g/mol. The minimum Gasteiger partial charge on any atom is -0.497 e. The van der Waals surface area contributed by atoms with E-state index in [2.05, 4.69) is 17.0 Å². The van der Waals surface area contributed by atoms with E-state index in [0.717, 1.165) is 53.8 Å². The molecule has 1 aliphatic heterocycles. The molecule has 0 bridgehead atoms. The molecule has 1 aromatic heterocycles. The maximum Gasteiger partial charge on any atom is 0.268 e. The van der Waals surface area contributed by atoms with Crippen molar-refractivity contribution in [3.8, 4) is 5.75 Å². The molecular weight excluding hydrogens is 416 g/mol. The minimum absolute atomic E-state index is 0.0643. The number of carbonyl (C=O) groups excluding carboxylic acids is 1. The Labute approximate surface area is 186 Å². The van der Waals surface area contributed by atoms with Crippen LogP contribution in [0.15, 0.2) is 66.0 Å². The monoisotopic (exact) mass is 440 g/mol. The summed E-state index contributed by atoms with van der Waals surface area (Å²) in [6.45, 7) is 2.80. The van der Waals surface area contributed by atoms with Crippen molar-refractivity contribution >= 4 is 34.5 Å². The van der Waals surface area contributed by atoms with Gasteiger partial charge in [-0.25, -0.2) is 0 Å². The molecule has 1 amide bonds. The molecule has 1 aliphatic rings. The van der Waals surface area contributed by atoms with E-state index in [-0.39, 0.29) is 11.9 Å². The number of benzene rings is 2. The van der Waals surface area contributed by atoms with E-state index in [9.17, 15) is 4.79 Å². The van der Waals surface area contributed by atoms with E-state index >= 15 is 0 Å². The number of anilines is 1. The highest BCUT2D eigenvalue weighted by Gasteiger charge is 2.30. The van der Waals surface area contributed by atoms with Gasteiger partial charge in [-0.1, -0.05) is 35.9 Å². The fraction of sp³-hybridized carbons (Fsp3) is 0.292. The third-order valence-corrected chi connectivity index (χ3v) is 6.63. The largest absolute Gasteiger partial charge is 0.497 e. The molecule has 0 saturated carbocycles. The SMILES string of the molecule is COc1cccc(N(C(=O)c2cccs2)C2CCN(Cc3ccc(Cl)cc3)CC2)c1. The summed E-state index contributed by atoms with van der Waals surface area (Å²) in [6.07, 6.45) is 1.86. The Morgan fingerprint density at radius 2 is 1.90 bits per heavy atom. The van der Waals surface area contributed by atoms with Gasteiger partial charge in [-0.3, -0.25) is 9.69 Å².